The number of benzene rings is 1. The predicted octanol–water partition coefficient (Wildman–Crippen LogP) is 0.976. The minimum Gasteiger partial charge on any atom is -0.354 e. The Hall–Kier alpha value is -1.42. The maximum Gasteiger partial charge on any atom is 0.221 e. The van der Waals surface area contributed by atoms with Gasteiger partial charge in [0.15, 0.2) is 0 Å². The van der Waals surface area contributed by atoms with Gasteiger partial charge in [-0.2, -0.15) is 0 Å². The fraction of sp³-hybridized carbons (Fsp3) is 0.364. The third-order valence-electron chi connectivity index (χ3n) is 2.52. The fourth-order valence-corrected chi connectivity index (χ4v) is 1.67. The Kier molecular flexibility index (Phi) is 2.97. The average Bonchev–Trinajstić information content (AvgIpc) is 2.44. The summed E-state index contributed by atoms with van der Waals surface area (Å²) in [5, 5.41) is 6.05. The zero-order chi connectivity index (χ0) is 10.7. The van der Waals surface area contributed by atoms with Crippen molar-refractivity contribution in [2.45, 2.75) is 12.5 Å². The Bertz CT molecular complexity index is 350. The number of rotatable bonds is 1. The molecule has 1 fully saturated rings. The van der Waals surface area contributed by atoms with Crippen LogP contribution in [0.5, 0.6) is 0 Å². The highest BCUT2D eigenvalue weighted by atomic mass is 19.1. The predicted molar refractivity (Wildman–Crippen MR) is 54.8 cm³/mol. The molecule has 1 aliphatic rings. The van der Waals surface area contributed by atoms with Crippen molar-refractivity contribution in [3.8, 4) is 0 Å². The van der Waals surface area contributed by atoms with Crippen molar-refractivity contribution in [2.75, 3.05) is 13.1 Å². The molecule has 0 bridgehead atoms. The number of hydrogen-bond donors (Lipinski definition) is 2. The molecule has 2 rings (SSSR count). The van der Waals surface area contributed by atoms with Crippen LogP contribution in [0.2, 0.25) is 0 Å². The van der Waals surface area contributed by atoms with Crippen LogP contribution in [-0.2, 0) is 4.79 Å². The lowest BCUT2D eigenvalue weighted by Crippen LogP contribution is -2.28. The molecule has 1 aromatic carbocycles. The molecule has 0 spiro atoms. The third kappa shape index (κ3) is 2.53. The highest BCUT2D eigenvalue weighted by Crippen LogP contribution is 2.14. The minimum atomic E-state index is -0.239. The minimum absolute atomic E-state index is 0.0621. The molecular weight excluding hydrogens is 195 g/mol. The Morgan fingerprint density at radius 3 is 2.73 bits per heavy atom. The summed E-state index contributed by atoms with van der Waals surface area (Å²) < 4.78 is 12.7. The third-order valence-corrected chi connectivity index (χ3v) is 2.52. The summed E-state index contributed by atoms with van der Waals surface area (Å²) in [5.41, 5.74) is 0.999. The molecule has 3 nitrogen and oxygen atoms in total. The lowest BCUT2D eigenvalue weighted by molar-refractivity contribution is -0.120. The van der Waals surface area contributed by atoms with E-state index in [2.05, 4.69) is 10.6 Å². The van der Waals surface area contributed by atoms with Crippen molar-refractivity contribution in [1.82, 2.24) is 10.6 Å². The van der Waals surface area contributed by atoms with Gasteiger partial charge in [0.05, 0.1) is 0 Å². The van der Waals surface area contributed by atoms with E-state index in [4.69, 9.17) is 0 Å². The van der Waals surface area contributed by atoms with Gasteiger partial charge in [-0.05, 0) is 17.7 Å². The molecule has 1 aromatic rings. The van der Waals surface area contributed by atoms with E-state index in [1.165, 1.54) is 12.1 Å². The van der Waals surface area contributed by atoms with Gasteiger partial charge in [-0.1, -0.05) is 12.1 Å². The number of hydrogen-bond acceptors (Lipinski definition) is 2. The molecule has 4 heteroatoms. The first-order chi connectivity index (χ1) is 7.25. The van der Waals surface area contributed by atoms with E-state index in [0.717, 1.165) is 5.56 Å². The van der Waals surface area contributed by atoms with Crippen LogP contribution in [0.3, 0.4) is 0 Å². The lowest BCUT2D eigenvalue weighted by atomic mass is 10.1. The van der Waals surface area contributed by atoms with Crippen molar-refractivity contribution in [3.63, 3.8) is 0 Å². The Morgan fingerprint density at radius 2 is 2.00 bits per heavy atom. The van der Waals surface area contributed by atoms with Gasteiger partial charge in [-0.3, -0.25) is 4.79 Å². The topological polar surface area (TPSA) is 41.1 Å². The van der Waals surface area contributed by atoms with Crippen LogP contribution in [0.4, 0.5) is 4.39 Å². The highest BCUT2D eigenvalue weighted by Gasteiger charge is 2.16. The molecule has 1 atom stereocenters. The first-order valence-electron chi connectivity index (χ1n) is 5.01. The number of amides is 1. The van der Waals surface area contributed by atoms with Crippen LogP contribution in [0.15, 0.2) is 24.3 Å². The summed E-state index contributed by atoms with van der Waals surface area (Å²) >= 11 is 0. The standard InChI is InChI=1S/C11H13FN2O/c12-9-3-1-8(2-4-9)10-7-14-11(15)5-6-13-10/h1-4,10,13H,5-7H2,(H,14,15). The maximum absolute atomic E-state index is 12.7. The number of carbonyl (C=O) groups excluding carboxylic acids is 1. The largest absolute Gasteiger partial charge is 0.354 e. The maximum atomic E-state index is 12.7. The molecule has 1 heterocycles. The zero-order valence-corrected chi connectivity index (χ0v) is 8.29. The average molecular weight is 208 g/mol. The van der Waals surface area contributed by atoms with E-state index in [0.29, 0.717) is 19.5 Å². The summed E-state index contributed by atoms with van der Waals surface area (Å²) in [6.07, 6.45) is 0.498. The fourth-order valence-electron chi connectivity index (χ4n) is 1.67. The molecule has 80 valence electrons. The summed E-state index contributed by atoms with van der Waals surface area (Å²) in [6, 6.07) is 6.43. The van der Waals surface area contributed by atoms with Crippen LogP contribution < -0.4 is 10.6 Å². The summed E-state index contributed by atoms with van der Waals surface area (Å²) in [7, 11) is 0. The second-order valence-electron chi connectivity index (χ2n) is 3.61. The Morgan fingerprint density at radius 1 is 1.27 bits per heavy atom. The quantitative estimate of drug-likeness (QED) is 0.722. The molecular formula is C11H13FN2O. The Labute approximate surface area is 87.7 Å². The van der Waals surface area contributed by atoms with Crippen molar-refractivity contribution in [1.29, 1.82) is 0 Å². The molecule has 1 amide bonds. The van der Waals surface area contributed by atoms with Gasteiger partial charge in [-0.15, -0.1) is 0 Å². The second kappa shape index (κ2) is 4.40. The van der Waals surface area contributed by atoms with E-state index in [9.17, 15) is 9.18 Å². The van der Waals surface area contributed by atoms with Crippen LogP contribution >= 0.6 is 0 Å². The van der Waals surface area contributed by atoms with Gasteiger partial charge < -0.3 is 10.6 Å². The number of halogens is 1. The second-order valence-corrected chi connectivity index (χ2v) is 3.61. The van der Waals surface area contributed by atoms with Gasteiger partial charge in [0.25, 0.3) is 0 Å². The monoisotopic (exact) mass is 208 g/mol. The molecule has 0 aromatic heterocycles. The SMILES string of the molecule is O=C1CCNC(c2ccc(F)cc2)CN1. The van der Waals surface area contributed by atoms with E-state index >= 15 is 0 Å². The van der Waals surface area contributed by atoms with Crippen molar-refractivity contribution in [3.05, 3.63) is 35.6 Å². The highest BCUT2D eigenvalue weighted by molar-refractivity contribution is 5.76. The summed E-state index contributed by atoms with van der Waals surface area (Å²) in [5.74, 6) is -0.177. The molecule has 1 saturated heterocycles. The first kappa shape index (κ1) is 10.1. The van der Waals surface area contributed by atoms with E-state index in [-0.39, 0.29) is 17.8 Å². The molecule has 0 radical (unpaired) electrons. The Balaban J connectivity index is 2.09. The summed E-state index contributed by atoms with van der Waals surface area (Å²) in [6.45, 7) is 1.22. The normalized spacial score (nSPS) is 21.9. The van der Waals surface area contributed by atoms with Crippen molar-refractivity contribution < 1.29 is 9.18 Å². The van der Waals surface area contributed by atoms with Crippen molar-refractivity contribution >= 4 is 5.91 Å². The zero-order valence-electron chi connectivity index (χ0n) is 8.29. The van der Waals surface area contributed by atoms with Gasteiger partial charge in [0.1, 0.15) is 5.82 Å². The van der Waals surface area contributed by atoms with Crippen molar-refractivity contribution in [2.24, 2.45) is 0 Å². The van der Waals surface area contributed by atoms with Crippen LogP contribution in [-0.4, -0.2) is 19.0 Å². The van der Waals surface area contributed by atoms with Crippen LogP contribution in [0.25, 0.3) is 0 Å². The number of nitrogens with one attached hydrogen (secondary N) is 2. The van der Waals surface area contributed by atoms with Crippen LogP contribution in [0, 0.1) is 5.82 Å². The molecule has 15 heavy (non-hydrogen) atoms. The van der Waals surface area contributed by atoms with Crippen LogP contribution in [0.1, 0.15) is 18.0 Å². The molecule has 0 aliphatic carbocycles. The van der Waals surface area contributed by atoms with E-state index in [1.54, 1.807) is 12.1 Å². The van der Waals surface area contributed by atoms with Gasteiger partial charge in [-0.25, -0.2) is 4.39 Å². The molecule has 1 aliphatic heterocycles. The molecule has 2 N–H and O–H groups in total. The molecule has 0 saturated carbocycles. The smallest absolute Gasteiger partial charge is 0.221 e. The van der Waals surface area contributed by atoms with E-state index in [1.807, 2.05) is 0 Å². The van der Waals surface area contributed by atoms with E-state index < -0.39 is 0 Å². The first-order valence-corrected chi connectivity index (χ1v) is 5.01. The lowest BCUT2D eigenvalue weighted by Gasteiger charge is -2.15. The van der Waals surface area contributed by atoms with Gasteiger partial charge in [0, 0.05) is 25.6 Å². The summed E-state index contributed by atoms with van der Waals surface area (Å²) in [4.78, 5) is 11.1. The van der Waals surface area contributed by atoms with Gasteiger partial charge in [0.2, 0.25) is 5.91 Å². The molecule has 1 unspecified atom stereocenters. The van der Waals surface area contributed by atoms with Gasteiger partial charge >= 0.3 is 0 Å². The number of carbonyl (C=O) groups is 1.